The number of hydrogen-bond acceptors (Lipinski definition) is 3. The predicted molar refractivity (Wildman–Crippen MR) is 73.4 cm³/mol. The minimum absolute atomic E-state index is 0.0160. The Morgan fingerprint density at radius 2 is 2.06 bits per heavy atom. The second-order valence-corrected chi connectivity index (χ2v) is 5.99. The van der Waals surface area contributed by atoms with Crippen LogP contribution >= 0.6 is 0 Å². The molecule has 0 radical (unpaired) electrons. The molecule has 5 heteroatoms. The van der Waals surface area contributed by atoms with Gasteiger partial charge in [-0.3, -0.25) is 9.89 Å². The summed E-state index contributed by atoms with van der Waals surface area (Å²) < 4.78 is 0. The first-order chi connectivity index (χ1) is 8.23. The van der Waals surface area contributed by atoms with E-state index in [1.807, 2.05) is 19.9 Å². The fourth-order valence-corrected chi connectivity index (χ4v) is 1.43. The molecule has 0 saturated carbocycles. The van der Waals surface area contributed by atoms with Crippen LogP contribution in [0.15, 0.2) is 6.07 Å². The molecule has 0 spiro atoms. The summed E-state index contributed by atoms with van der Waals surface area (Å²) in [6.45, 7) is 10.4. The number of amides is 1. The van der Waals surface area contributed by atoms with Crippen LogP contribution in [-0.2, 0) is 10.2 Å². The minimum atomic E-state index is -0.541. The van der Waals surface area contributed by atoms with E-state index in [2.05, 4.69) is 36.3 Å². The second kappa shape index (κ2) is 5.10. The lowest BCUT2D eigenvalue weighted by Gasteiger charge is -2.24. The van der Waals surface area contributed by atoms with Crippen LogP contribution < -0.4 is 11.1 Å². The van der Waals surface area contributed by atoms with Gasteiger partial charge in [0.15, 0.2) is 5.82 Å². The smallest absolute Gasteiger partial charge is 0.232 e. The number of carbonyl (C=O) groups is 1. The van der Waals surface area contributed by atoms with E-state index in [-0.39, 0.29) is 11.3 Å². The van der Waals surface area contributed by atoms with Gasteiger partial charge in [0.25, 0.3) is 0 Å². The molecule has 1 rings (SSSR count). The van der Waals surface area contributed by atoms with Crippen LogP contribution in [0.5, 0.6) is 0 Å². The van der Waals surface area contributed by atoms with Crippen LogP contribution in [0, 0.1) is 5.41 Å². The number of nitrogens with zero attached hydrogens (tertiary/aromatic N) is 1. The van der Waals surface area contributed by atoms with Crippen molar-refractivity contribution in [2.24, 2.45) is 11.1 Å². The molecule has 1 heterocycles. The lowest BCUT2D eigenvalue weighted by atomic mass is 9.86. The SMILES string of the molecule is CCC(C)(CN)C(=O)Nc1cc(C(C)(C)C)[nH]n1. The summed E-state index contributed by atoms with van der Waals surface area (Å²) in [6.07, 6.45) is 0.700. The number of nitrogens with one attached hydrogen (secondary N) is 2. The highest BCUT2D eigenvalue weighted by Gasteiger charge is 2.30. The van der Waals surface area contributed by atoms with E-state index in [1.54, 1.807) is 0 Å². The fourth-order valence-electron chi connectivity index (χ4n) is 1.43. The van der Waals surface area contributed by atoms with Gasteiger partial charge in [-0.15, -0.1) is 0 Å². The molecule has 1 unspecified atom stereocenters. The van der Waals surface area contributed by atoms with Gasteiger partial charge in [-0.1, -0.05) is 27.7 Å². The highest BCUT2D eigenvalue weighted by Crippen LogP contribution is 2.24. The molecule has 1 aromatic rings. The average molecular weight is 252 g/mol. The Kier molecular flexibility index (Phi) is 4.16. The Bertz CT molecular complexity index is 413. The largest absolute Gasteiger partial charge is 0.329 e. The van der Waals surface area contributed by atoms with E-state index in [0.717, 1.165) is 5.69 Å². The van der Waals surface area contributed by atoms with Gasteiger partial charge in [0.05, 0.1) is 5.41 Å². The van der Waals surface area contributed by atoms with Crippen LogP contribution in [0.4, 0.5) is 5.82 Å². The molecule has 1 amide bonds. The summed E-state index contributed by atoms with van der Waals surface area (Å²) in [5.41, 5.74) is 6.09. The maximum atomic E-state index is 12.1. The molecule has 102 valence electrons. The standard InChI is InChI=1S/C13H24N4O/c1-6-13(5,8-14)11(18)15-10-7-9(16-17-10)12(2,3)4/h7H,6,8,14H2,1-5H3,(H2,15,16,17,18). The normalized spacial score (nSPS) is 15.2. The Morgan fingerprint density at radius 1 is 1.44 bits per heavy atom. The molecule has 1 aromatic heterocycles. The lowest BCUT2D eigenvalue weighted by Crippen LogP contribution is -2.39. The first-order valence-corrected chi connectivity index (χ1v) is 6.30. The number of rotatable bonds is 4. The number of nitrogens with two attached hydrogens (primary N) is 1. The zero-order chi connectivity index (χ0) is 14.0. The number of aromatic nitrogens is 2. The molecule has 18 heavy (non-hydrogen) atoms. The first-order valence-electron chi connectivity index (χ1n) is 6.30. The molecule has 4 N–H and O–H groups in total. The summed E-state index contributed by atoms with van der Waals surface area (Å²) in [5, 5.41) is 9.87. The summed E-state index contributed by atoms with van der Waals surface area (Å²) in [6, 6.07) is 1.87. The molecule has 0 aliphatic rings. The van der Waals surface area contributed by atoms with E-state index < -0.39 is 5.41 Å². The van der Waals surface area contributed by atoms with Gasteiger partial charge >= 0.3 is 0 Å². The van der Waals surface area contributed by atoms with Gasteiger partial charge in [0.2, 0.25) is 5.91 Å². The average Bonchev–Trinajstić information content (AvgIpc) is 2.76. The van der Waals surface area contributed by atoms with Gasteiger partial charge < -0.3 is 11.1 Å². The van der Waals surface area contributed by atoms with Gasteiger partial charge in [-0.2, -0.15) is 5.10 Å². The van der Waals surface area contributed by atoms with Gasteiger partial charge in [-0.25, -0.2) is 0 Å². The van der Waals surface area contributed by atoms with Gasteiger partial charge in [0, 0.05) is 23.7 Å². The summed E-state index contributed by atoms with van der Waals surface area (Å²) in [4.78, 5) is 12.1. The first kappa shape index (κ1) is 14.7. The molecule has 5 nitrogen and oxygen atoms in total. The molecule has 0 bridgehead atoms. The fraction of sp³-hybridized carbons (Fsp3) is 0.692. The molecule has 0 saturated heterocycles. The van der Waals surface area contributed by atoms with Crippen molar-refractivity contribution in [2.45, 2.75) is 46.5 Å². The number of carbonyl (C=O) groups excluding carboxylic acids is 1. The third-order valence-corrected chi connectivity index (χ3v) is 3.41. The van der Waals surface area contributed by atoms with Crippen molar-refractivity contribution in [2.75, 3.05) is 11.9 Å². The Morgan fingerprint density at radius 3 is 2.44 bits per heavy atom. The van der Waals surface area contributed by atoms with Crippen molar-refractivity contribution < 1.29 is 4.79 Å². The van der Waals surface area contributed by atoms with E-state index in [9.17, 15) is 4.79 Å². The van der Waals surface area contributed by atoms with Crippen molar-refractivity contribution >= 4 is 11.7 Å². The Hall–Kier alpha value is -1.36. The van der Waals surface area contributed by atoms with Crippen molar-refractivity contribution in [3.8, 4) is 0 Å². The second-order valence-electron chi connectivity index (χ2n) is 5.99. The van der Waals surface area contributed by atoms with E-state index in [1.165, 1.54) is 0 Å². The van der Waals surface area contributed by atoms with Crippen LogP contribution in [0.3, 0.4) is 0 Å². The summed E-state index contributed by atoms with van der Waals surface area (Å²) in [5.74, 6) is 0.470. The van der Waals surface area contributed by atoms with Crippen molar-refractivity contribution in [1.29, 1.82) is 0 Å². The molecule has 0 aromatic carbocycles. The van der Waals surface area contributed by atoms with E-state index in [0.29, 0.717) is 18.8 Å². The van der Waals surface area contributed by atoms with Crippen molar-refractivity contribution in [3.05, 3.63) is 11.8 Å². The topological polar surface area (TPSA) is 83.8 Å². The van der Waals surface area contributed by atoms with Gasteiger partial charge in [0.1, 0.15) is 0 Å². The monoisotopic (exact) mass is 252 g/mol. The highest BCUT2D eigenvalue weighted by atomic mass is 16.2. The van der Waals surface area contributed by atoms with Crippen LogP contribution in [0.1, 0.15) is 46.7 Å². The molecule has 1 atom stereocenters. The van der Waals surface area contributed by atoms with E-state index >= 15 is 0 Å². The predicted octanol–water partition coefficient (Wildman–Crippen LogP) is 2.02. The Balaban J connectivity index is 2.80. The molecular weight excluding hydrogens is 228 g/mol. The molecule has 0 fully saturated rings. The van der Waals surface area contributed by atoms with Gasteiger partial charge in [-0.05, 0) is 13.3 Å². The number of H-pyrrole nitrogens is 1. The number of anilines is 1. The maximum absolute atomic E-state index is 12.1. The van der Waals surface area contributed by atoms with Crippen molar-refractivity contribution in [1.82, 2.24) is 10.2 Å². The lowest BCUT2D eigenvalue weighted by molar-refractivity contribution is -0.124. The van der Waals surface area contributed by atoms with Crippen LogP contribution in [-0.4, -0.2) is 22.6 Å². The summed E-state index contributed by atoms with van der Waals surface area (Å²) in [7, 11) is 0. The third kappa shape index (κ3) is 3.10. The summed E-state index contributed by atoms with van der Waals surface area (Å²) >= 11 is 0. The third-order valence-electron chi connectivity index (χ3n) is 3.41. The highest BCUT2D eigenvalue weighted by molar-refractivity contribution is 5.94. The maximum Gasteiger partial charge on any atom is 0.232 e. The zero-order valence-electron chi connectivity index (χ0n) is 11.9. The van der Waals surface area contributed by atoms with Crippen LogP contribution in [0.25, 0.3) is 0 Å². The molecular formula is C13H24N4O. The number of hydrogen-bond donors (Lipinski definition) is 3. The molecule has 0 aliphatic carbocycles. The minimum Gasteiger partial charge on any atom is -0.329 e. The van der Waals surface area contributed by atoms with E-state index in [4.69, 9.17) is 5.73 Å². The molecule has 0 aliphatic heterocycles. The number of aromatic amines is 1. The quantitative estimate of drug-likeness (QED) is 0.766. The Labute approximate surface area is 109 Å². The zero-order valence-corrected chi connectivity index (χ0v) is 11.9. The van der Waals surface area contributed by atoms with Crippen molar-refractivity contribution in [3.63, 3.8) is 0 Å². The van der Waals surface area contributed by atoms with Crippen LogP contribution in [0.2, 0.25) is 0 Å².